The molecule has 0 bridgehead atoms. The van der Waals surface area contributed by atoms with E-state index < -0.39 is 12.6 Å². The second-order valence-electron chi connectivity index (χ2n) is 5.50. The molecular formula is C16H25F3N2. The number of benzene rings is 1. The molecule has 0 saturated carbocycles. The fourth-order valence-electron chi connectivity index (χ4n) is 2.23. The fourth-order valence-corrected chi connectivity index (χ4v) is 2.23. The Hall–Kier alpha value is -1.23. The highest BCUT2D eigenvalue weighted by Gasteiger charge is 2.26. The number of rotatable bonds is 8. The van der Waals surface area contributed by atoms with Gasteiger partial charge in [0.2, 0.25) is 0 Å². The van der Waals surface area contributed by atoms with Gasteiger partial charge in [-0.2, -0.15) is 13.2 Å². The number of hydrogen-bond donors (Lipinski definition) is 1. The molecule has 5 heteroatoms. The highest BCUT2D eigenvalue weighted by atomic mass is 19.4. The van der Waals surface area contributed by atoms with Crippen LogP contribution in [0.3, 0.4) is 0 Å². The van der Waals surface area contributed by atoms with Crippen molar-refractivity contribution in [3.8, 4) is 0 Å². The summed E-state index contributed by atoms with van der Waals surface area (Å²) in [5.41, 5.74) is 2.11. The number of halogens is 3. The normalized spacial score (nSPS) is 13.2. The standard InChI is InChI=1S/C16H25F3N2/c1-4-11-20-15(9-6-10-16(17,18)19)13-7-5-8-14(12-13)21(2)3/h5,7-8,12,15,20H,4,6,9-11H2,1-3H3. The number of anilines is 1. The second kappa shape index (κ2) is 8.27. The van der Waals surface area contributed by atoms with Crippen molar-refractivity contribution in [2.24, 2.45) is 0 Å². The molecule has 0 amide bonds. The summed E-state index contributed by atoms with van der Waals surface area (Å²) in [4.78, 5) is 2.00. The quantitative estimate of drug-likeness (QED) is 0.759. The molecule has 1 atom stereocenters. The monoisotopic (exact) mass is 302 g/mol. The highest BCUT2D eigenvalue weighted by Crippen LogP contribution is 2.27. The van der Waals surface area contributed by atoms with Gasteiger partial charge in [-0.05, 0) is 43.5 Å². The average molecular weight is 302 g/mol. The Morgan fingerprint density at radius 3 is 2.52 bits per heavy atom. The molecule has 0 aliphatic carbocycles. The van der Waals surface area contributed by atoms with Crippen LogP contribution in [0.2, 0.25) is 0 Å². The molecule has 0 saturated heterocycles. The van der Waals surface area contributed by atoms with Gasteiger partial charge in [0.05, 0.1) is 0 Å². The minimum atomic E-state index is -4.07. The van der Waals surface area contributed by atoms with Crippen LogP contribution < -0.4 is 10.2 Å². The lowest BCUT2D eigenvalue weighted by Crippen LogP contribution is -2.23. The lowest BCUT2D eigenvalue weighted by molar-refractivity contribution is -0.135. The SMILES string of the molecule is CCCNC(CCCC(F)(F)F)c1cccc(N(C)C)c1. The zero-order chi connectivity index (χ0) is 15.9. The van der Waals surface area contributed by atoms with Crippen molar-refractivity contribution in [2.45, 2.75) is 44.8 Å². The molecule has 0 spiro atoms. The first-order chi connectivity index (χ1) is 9.83. The van der Waals surface area contributed by atoms with E-state index in [9.17, 15) is 13.2 Å². The number of nitrogens with one attached hydrogen (secondary N) is 1. The molecule has 1 aromatic carbocycles. The lowest BCUT2D eigenvalue weighted by Gasteiger charge is -2.21. The van der Waals surface area contributed by atoms with Crippen molar-refractivity contribution < 1.29 is 13.2 Å². The van der Waals surface area contributed by atoms with Crippen LogP contribution in [0.1, 0.15) is 44.2 Å². The summed E-state index contributed by atoms with van der Waals surface area (Å²) in [7, 11) is 3.91. The topological polar surface area (TPSA) is 15.3 Å². The molecular weight excluding hydrogens is 277 g/mol. The van der Waals surface area contributed by atoms with Crippen LogP contribution in [0.25, 0.3) is 0 Å². The maximum absolute atomic E-state index is 12.3. The van der Waals surface area contributed by atoms with Crippen LogP contribution in [0, 0.1) is 0 Å². The van der Waals surface area contributed by atoms with Crippen molar-refractivity contribution in [3.05, 3.63) is 29.8 Å². The van der Waals surface area contributed by atoms with E-state index >= 15 is 0 Å². The first-order valence-corrected chi connectivity index (χ1v) is 7.41. The van der Waals surface area contributed by atoms with E-state index in [4.69, 9.17) is 0 Å². The first-order valence-electron chi connectivity index (χ1n) is 7.41. The Morgan fingerprint density at radius 2 is 1.95 bits per heavy atom. The van der Waals surface area contributed by atoms with Gasteiger partial charge in [0, 0.05) is 32.2 Å². The van der Waals surface area contributed by atoms with Gasteiger partial charge in [-0.25, -0.2) is 0 Å². The Labute approximate surface area is 125 Å². The smallest absolute Gasteiger partial charge is 0.378 e. The van der Waals surface area contributed by atoms with E-state index in [-0.39, 0.29) is 12.5 Å². The molecule has 1 N–H and O–H groups in total. The zero-order valence-electron chi connectivity index (χ0n) is 13.0. The molecule has 0 radical (unpaired) electrons. The van der Waals surface area contributed by atoms with Crippen molar-refractivity contribution in [1.29, 1.82) is 0 Å². The van der Waals surface area contributed by atoms with Crippen molar-refractivity contribution >= 4 is 5.69 Å². The summed E-state index contributed by atoms with van der Waals surface area (Å²) in [6, 6.07) is 7.95. The van der Waals surface area contributed by atoms with Gasteiger partial charge in [0.25, 0.3) is 0 Å². The molecule has 0 fully saturated rings. The predicted molar refractivity (Wildman–Crippen MR) is 81.7 cm³/mol. The van der Waals surface area contributed by atoms with Crippen LogP contribution in [-0.2, 0) is 0 Å². The Kier molecular flexibility index (Phi) is 7.02. The van der Waals surface area contributed by atoms with Crippen LogP contribution >= 0.6 is 0 Å². The average Bonchev–Trinajstić information content (AvgIpc) is 2.41. The van der Waals surface area contributed by atoms with Crippen LogP contribution in [0.15, 0.2) is 24.3 Å². The molecule has 0 aliphatic rings. The minimum Gasteiger partial charge on any atom is -0.378 e. The summed E-state index contributed by atoms with van der Waals surface area (Å²) >= 11 is 0. The van der Waals surface area contributed by atoms with E-state index in [0.717, 1.165) is 24.2 Å². The third kappa shape index (κ3) is 6.85. The predicted octanol–water partition coefficient (Wildman–Crippen LogP) is 4.53. The van der Waals surface area contributed by atoms with E-state index in [0.29, 0.717) is 6.42 Å². The molecule has 1 unspecified atom stereocenters. The van der Waals surface area contributed by atoms with Crippen LogP contribution in [0.4, 0.5) is 18.9 Å². The third-order valence-corrected chi connectivity index (χ3v) is 3.38. The van der Waals surface area contributed by atoms with Gasteiger partial charge in [-0.1, -0.05) is 19.1 Å². The summed E-state index contributed by atoms with van der Waals surface area (Å²) in [6.45, 7) is 2.86. The van der Waals surface area contributed by atoms with Gasteiger partial charge in [0.15, 0.2) is 0 Å². The van der Waals surface area contributed by atoms with Crippen molar-refractivity contribution in [3.63, 3.8) is 0 Å². The summed E-state index contributed by atoms with van der Waals surface area (Å²) in [6.07, 6.45) is -3.18. The Balaban J connectivity index is 2.74. The first kappa shape index (κ1) is 17.8. The summed E-state index contributed by atoms with van der Waals surface area (Å²) in [5, 5.41) is 3.35. The Bertz CT molecular complexity index is 416. The molecule has 0 aliphatic heterocycles. The maximum Gasteiger partial charge on any atom is 0.389 e. The Morgan fingerprint density at radius 1 is 1.24 bits per heavy atom. The third-order valence-electron chi connectivity index (χ3n) is 3.38. The van der Waals surface area contributed by atoms with Gasteiger partial charge >= 0.3 is 6.18 Å². The van der Waals surface area contributed by atoms with Crippen LogP contribution in [-0.4, -0.2) is 26.8 Å². The molecule has 1 aromatic rings. The van der Waals surface area contributed by atoms with E-state index in [1.807, 2.05) is 43.3 Å². The molecule has 120 valence electrons. The van der Waals surface area contributed by atoms with E-state index in [2.05, 4.69) is 12.2 Å². The maximum atomic E-state index is 12.3. The molecule has 0 heterocycles. The highest BCUT2D eigenvalue weighted by molar-refractivity contribution is 5.47. The van der Waals surface area contributed by atoms with Crippen LogP contribution in [0.5, 0.6) is 0 Å². The number of nitrogens with zero attached hydrogens (tertiary/aromatic N) is 1. The number of hydrogen-bond acceptors (Lipinski definition) is 2. The zero-order valence-corrected chi connectivity index (χ0v) is 13.0. The fraction of sp³-hybridized carbons (Fsp3) is 0.625. The summed E-state index contributed by atoms with van der Waals surface area (Å²) < 4.78 is 36.9. The lowest BCUT2D eigenvalue weighted by atomic mass is 10.00. The van der Waals surface area contributed by atoms with E-state index in [1.54, 1.807) is 0 Å². The molecule has 0 aromatic heterocycles. The largest absolute Gasteiger partial charge is 0.389 e. The van der Waals surface area contributed by atoms with Gasteiger partial charge in [0.1, 0.15) is 0 Å². The number of alkyl halides is 3. The van der Waals surface area contributed by atoms with Gasteiger partial charge < -0.3 is 10.2 Å². The molecule has 21 heavy (non-hydrogen) atoms. The van der Waals surface area contributed by atoms with E-state index in [1.165, 1.54) is 0 Å². The molecule has 1 rings (SSSR count). The summed E-state index contributed by atoms with van der Waals surface area (Å²) in [5.74, 6) is 0. The van der Waals surface area contributed by atoms with Gasteiger partial charge in [-0.3, -0.25) is 0 Å². The minimum absolute atomic E-state index is 0.0211. The molecule has 2 nitrogen and oxygen atoms in total. The second-order valence-corrected chi connectivity index (χ2v) is 5.50. The van der Waals surface area contributed by atoms with Crippen molar-refractivity contribution in [1.82, 2.24) is 5.32 Å². The van der Waals surface area contributed by atoms with Crippen molar-refractivity contribution in [2.75, 3.05) is 25.5 Å². The van der Waals surface area contributed by atoms with Gasteiger partial charge in [-0.15, -0.1) is 0 Å².